The largest absolute Gasteiger partial charge is 0.352 e. The molecule has 2 aromatic rings. The Morgan fingerprint density at radius 3 is 2.30 bits per heavy atom. The summed E-state index contributed by atoms with van der Waals surface area (Å²) >= 11 is 1.55. The Kier molecular flexibility index (Phi) is 9.79. The van der Waals surface area contributed by atoms with E-state index in [-0.39, 0.29) is 23.7 Å². The number of benzene rings is 2. The first-order valence-electron chi connectivity index (χ1n) is 11.9. The Labute approximate surface area is 201 Å². The van der Waals surface area contributed by atoms with Crippen molar-refractivity contribution in [3.05, 3.63) is 71.0 Å². The number of rotatable bonds is 10. The first-order chi connectivity index (χ1) is 16.0. The molecule has 0 aromatic heterocycles. The number of aryl methyl sites for hydroxylation is 1. The van der Waals surface area contributed by atoms with Crippen LogP contribution in [0.25, 0.3) is 0 Å². The van der Waals surface area contributed by atoms with Crippen LogP contribution in [-0.2, 0) is 21.9 Å². The fraction of sp³-hybridized carbons (Fsp3) is 0.481. The number of hydrogen-bond donors (Lipinski definition) is 1. The van der Waals surface area contributed by atoms with Gasteiger partial charge in [-0.2, -0.15) is 0 Å². The molecule has 0 unspecified atom stereocenters. The van der Waals surface area contributed by atoms with E-state index in [1.165, 1.54) is 29.7 Å². The highest BCUT2D eigenvalue weighted by Crippen LogP contribution is 2.20. The second-order valence-electron chi connectivity index (χ2n) is 8.89. The average molecular weight is 471 g/mol. The van der Waals surface area contributed by atoms with Crippen LogP contribution in [0.2, 0.25) is 0 Å². The van der Waals surface area contributed by atoms with E-state index in [1.54, 1.807) is 28.8 Å². The first-order valence-corrected chi connectivity index (χ1v) is 13.1. The van der Waals surface area contributed by atoms with Gasteiger partial charge in [0.1, 0.15) is 11.9 Å². The van der Waals surface area contributed by atoms with Crippen LogP contribution in [0.5, 0.6) is 0 Å². The molecule has 0 heterocycles. The molecule has 6 heteroatoms. The van der Waals surface area contributed by atoms with Gasteiger partial charge in [0.25, 0.3) is 0 Å². The van der Waals surface area contributed by atoms with Gasteiger partial charge in [-0.3, -0.25) is 9.59 Å². The van der Waals surface area contributed by atoms with Gasteiger partial charge in [-0.05, 0) is 49.4 Å². The zero-order chi connectivity index (χ0) is 23.6. The first kappa shape index (κ1) is 25.3. The average Bonchev–Trinajstić information content (AvgIpc) is 2.82. The molecular formula is C27H35FN2O2S. The number of thioether (sulfide) groups is 1. The molecule has 1 aliphatic rings. The molecule has 1 aliphatic carbocycles. The van der Waals surface area contributed by atoms with Crippen LogP contribution in [-0.4, -0.2) is 34.6 Å². The Morgan fingerprint density at radius 1 is 1.03 bits per heavy atom. The maximum Gasteiger partial charge on any atom is 0.243 e. The molecule has 2 aromatic carbocycles. The number of nitrogens with zero attached hydrogens (tertiary/aromatic N) is 1. The van der Waals surface area contributed by atoms with E-state index in [9.17, 15) is 14.0 Å². The molecule has 2 amide bonds. The summed E-state index contributed by atoms with van der Waals surface area (Å²) in [5.41, 5.74) is 3.20. The van der Waals surface area contributed by atoms with Gasteiger partial charge in [-0.1, -0.05) is 68.1 Å². The van der Waals surface area contributed by atoms with Crippen molar-refractivity contribution in [1.82, 2.24) is 10.2 Å². The number of amides is 2. The van der Waals surface area contributed by atoms with Gasteiger partial charge in [-0.15, -0.1) is 11.8 Å². The van der Waals surface area contributed by atoms with Gasteiger partial charge in [0.05, 0.1) is 5.75 Å². The van der Waals surface area contributed by atoms with Gasteiger partial charge in [0, 0.05) is 18.3 Å². The molecular weight excluding hydrogens is 435 g/mol. The fourth-order valence-corrected chi connectivity index (χ4v) is 5.14. The second kappa shape index (κ2) is 12.8. The third kappa shape index (κ3) is 7.88. The monoisotopic (exact) mass is 470 g/mol. The third-order valence-electron chi connectivity index (χ3n) is 6.22. The van der Waals surface area contributed by atoms with Gasteiger partial charge < -0.3 is 10.2 Å². The summed E-state index contributed by atoms with van der Waals surface area (Å²) < 4.78 is 13.4. The van der Waals surface area contributed by atoms with Crippen LogP contribution in [0.15, 0.2) is 48.5 Å². The standard InChI is InChI=1S/C27H35FN2O2S/c1-3-25(27(32)29-24-7-5-4-6-8-24)30(17-21-13-15-23(28)16-14-21)26(31)19-33-18-22-11-9-20(2)10-12-22/h9-16,24-25H,3-8,17-19H2,1-2H3,(H,29,32)/t25-/m0/s1. The van der Waals surface area contributed by atoms with Crippen LogP contribution in [0.4, 0.5) is 4.39 Å². The van der Waals surface area contributed by atoms with Crippen molar-refractivity contribution < 1.29 is 14.0 Å². The molecule has 1 N–H and O–H groups in total. The Hall–Kier alpha value is -2.34. The van der Waals surface area contributed by atoms with Crippen molar-refractivity contribution in [3.8, 4) is 0 Å². The molecule has 33 heavy (non-hydrogen) atoms. The third-order valence-corrected chi connectivity index (χ3v) is 7.21. The molecule has 178 valence electrons. The van der Waals surface area contributed by atoms with Gasteiger partial charge in [0.2, 0.25) is 11.8 Å². The van der Waals surface area contributed by atoms with Crippen molar-refractivity contribution in [2.45, 2.75) is 76.8 Å². The molecule has 1 saturated carbocycles. The lowest BCUT2D eigenvalue weighted by molar-refractivity contribution is -0.139. The summed E-state index contributed by atoms with van der Waals surface area (Å²) in [6.45, 7) is 4.29. The van der Waals surface area contributed by atoms with E-state index in [0.717, 1.165) is 37.0 Å². The molecule has 4 nitrogen and oxygen atoms in total. The summed E-state index contributed by atoms with van der Waals surface area (Å²) in [7, 11) is 0. The van der Waals surface area contributed by atoms with Crippen molar-refractivity contribution in [1.29, 1.82) is 0 Å². The van der Waals surface area contributed by atoms with E-state index >= 15 is 0 Å². The maximum atomic E-state index is 13.4. The molecule has 3 rings (SSSR count). The van der Waals surface area contributed by atoms with Crippen molar-refractivity contribution in [3.63, 3.8) is 0 Å². The topological polar surface area (TPSA) is 49.4 Å². The predicted octanol–water partition coefficient (Wildman–Crippen LogP) is 5.62. The number of halogens is 1. The zero-order valence-corrected chi connectivity index (χ0v) is 20.5. The lowest BCUT2D eigenvalue weighted by Crippen LogP contribution is -2.52. The summed E-state index contributed by atoms with van der Waals surface area (Å²) in [6.07, 6.45) is 6.03. The van der Waals surface area contributed by atoms with E-state index in [2.05, 4.69) is 36.5 Å². The highest BCUT2D eigenvalue weighted by atomic mass is 32.2. The van der Waals surface area contributed by atoms with Crippen LogP contribution < -0.4 is 5.32 Å². The van der Waals surface area contributed by atoms with Crippen molar-refractivity contribution in [2.75, 3.05) is 5.75 Å². The lowest BCUT2D eigenvalue weighted by atomic mass is 9.95. The summed E-state index contributed by atoms with van der Waals surface area (Å²) in [5.74, 6) is 0.571. The van der Waals surface area contributed by atoms with Crippen LogP contribution in [0.1, 0.15) is 62.1 Å². The molecule has 0 spiro atoms. The van der Waals surface area contributed by atoms with Crippen molar-refractivity contribution in [2.24, 2.45) is 0 Å². The summed E-state index contributed by atoms with van der Waals surface area (Å²) in [6, 6.07) is 14.1. The van der Waals surface area contributed by atoms with Gasteiger partial charge in [-0.25, -0.2) is 4.39 Å². The fourth-order valence-electron chi connectivity index (χ4n) is 4.27. The smallest absolute Gasteiger partial charge is 0.243 e. The molecule has 0 aliphatic heterocycles. The SMILES string of the molecule is CC[C@@H](C(=O)NC1CCCCC1)N(Cc1ccc(F)cc1)C(=O)CSCc1ccc(C)cc1. The number of carbonyl (C=O) groups excluding carboxylic acids is 2. The maximum absolute atomic E-state index is 13.4. The number of nitrogens with one attached hydrogen (secondary N) is 1. The molecule has 1 fully saturated rings. The Morgan fingerprint density at radius 2 is 1.67 bits per heavy atom. The van der Waals surface area contributed by atoms with Crippen LogP contribution in [0.3, 0.4) is 0 Å². The van der Waals surface area contributed by atoms with Crippen LogP contribution in [0, 0.1) is 12.7 Å². The predicted molar refractivity (Wildman–Crippen MR) is 133 cm³/mol. The zero-order valence-electron chi connectivity index (χ0n) is 19.7. The number of carbonyl (C=O) groups is 2. The molecule has 0 saturated heterocycles. The van der Waals surface area contributed by atoms with E-state index in [0.29, 0.717) is 18.7 Å². The highest BCUT2D eigenvalue weighted by molar-refractivity contribution is 7.99. The van der Waals surface area contributed by atoms with Gasteiger partial charge >= 0.3 is 0 Å². The van der Waals surface area contributed by atoms with E-state index in [1.807, 2.05) is 6.92 Å². The minimum Gasteiger partial charge on any atom is -0.352 e. The molecule has 1 atom stereocenters. The van der Waals surface area contributed by atoms with E-state index < -0.39 is 6.04 Å². The quantitative estimate of drug-likeness (QED) is 0.490. The Balaban J connectivity index is 1.68. The minimum atomic E-state index is -0.538. The lowest BCUT2D eigenvalue weighted by Gasteiger charge is -2.32. The summed E-state index contributed by atoms with van der Waals surface area (Å²) in [5, 5.41) is 3.19. The van der Waals surface area contributed by atoms with E-state index in [4.69, 9.17) is 0 Å². The van der Waals surface area contributed by atoms with Gasteiger partial charge in [0.15, 0.2) is 0 Å². The second-order valence-corrected chi connectivity index (χ2v) is 9.88. The Bertz CT molecular complexity index is 895. The summed E-state index contributed by atoms with van der Waals surface area (Å²) in [4.78, 5) is 28.2. The normalized spacial score (nSPS) is 15.1. The number of hydrogen-bond acceptors (Lipinski definition) is 3. The molecule has 0 bridgehead atoms. The minimum absolute atomic E-state index is 0.0675. The van der Waals surface area contributed by atoms with Crippen LogP contribution >= 0.6 is 11.8 Å². The molecule has 0 radical (unpaired) electrons. The highest BCUT2D eigenvalue weighted by Gasteiger charge is 2.30. The van der Waals surface area contributed by atoms with Crippen molar-refractivity contribution >= 4 is 23.6 Å².